The zero-order valence-corrected chi connectivity index (χ0v) is 24.2. The van der Waals surface area contributed by atoms with Crippen molar-refractivity contribution in [3.63, 3.8) is 0 Å². The fraction of sp³-hybridized carbons (Fsp3) is 0.367. The third-order valence-electron chi connectivity index (χ3n) is 6.92. The van der Waals surface area contributed by atoms with Crippen LogP contribution in [-0.4, -0.2) is 40.6 Å². The van der Waals surface area contributed by atoms with Crippen LogP contribution in [-0.2, 0) is 14.8 Å². The van der Waals surface area contributed by atoms with Crippen LogP contribution in [0.3, 0.4) is 0 Å². The predicted octanol–water partition coefficient (Wildman–Crippen LogP) is 6.05. The van der Waals surface area contributed by atoms with Gasteiger partial charge in [0.15, 0.2) is 0 Å². The zero-order valence-electron chi connectivity index (χ0n) is 22.6. The van der Waals surface area contributed by atoms with Gasteiger partial charge < -0.3 is 15.0 Å². The van der Waals surface area contributed by atoms with Gasteiger partial charge in [-0.1, -0.05) is 30.7 Å². The van der Waals surface area contributed by atoms with E-state index in [-0.39, 0.29) is 17.5 Å². The second-order valence-corrected chi connectivity index (χ2v) is 12.3. The molecule has 0 bridgehead atoms. The molecule has 1 N–H and O–H groups in total. The van der Waals surface area contributed by atoms with Crippen molar-refractivity contribution in [2.75, 3.05) is 35.4 Å². The molecule has 1 aliphatic rings. The highest BCUT2D eigenvalue weighted by molar-refractivity contribution is 7.92. The van der Waals surface area contributed by atoms with Crippen LogP contribution in [0.5, 0.6) is 5.75 Å². The fourth-order valence-electron chi connectivity index (χ4n) is 4.82. The first kappa shape index (κ1) is 28.8. The molecule has 208 valence electrons. The van der Waals surface area contributed by atoms with Gasteiger partial charge in [0.1, 0.15) is 12.3 Å². The number of ether oxygens (including phenoxy) is 1. The van der Waals surface area contributed by atoms with Crippen LogP contribution in [0.25, 0.3) is 0 Å². The molecule has 0 aromatic heterocycles. The summed E-state index contributed by atoms with van der Waals surface area (Å²) in [5, 5.41) is 3.39. The zero-order chi connectivity index (χ0) is 28.0. The number of piperidine rings is 1. The van der Waals surface area contributed by atoms with Gasteiger partial charge in [-0.25, -0.2) is 8.42 Å². The lowest BCUT2D eigenvalue weighted by molar-refractivity contribution is -0.120. The highest BCUT2D eigenvalue weighted by Gasteiger charge is 2.28. The molecule has 39 heavy (non-hydrogen) atoms. The Hall–Kier alpha value is -3.23. The van der Waals surface area contributed by atoms with E-state index in [2.05, 4.69) is 29.3 Å². The Morgan fingerprint density at radius 2 is 1.74 bits per heavy atom. The quantitative estimate of drug-likeness (QED) is 0.322. The van der Waals surface area contributed by atoms with Gasteiger partial charge in [0.2, 0.25) is 5.91 Å². The van der Waals surface area contributed by atoms with Gasteiger partial charge in [0, 0.05) is 23.8 Å². The molecule has 0 radical (unpaired) electrons. The highest BCUT2D eigenvalue weighted by atomic mass is 35.5. The summed E-state index contributed by atoms with van der Waals surface area (Å²) in [5.41, 5.74) is 2.49. The summed E-state index contributed by atoms with van der Waals surface area (Å²) >= 11 is 5.98. The number of carbonyl (C=O) groups is 1. The Kier molecular flexibility index (Phi) is 9.40. The van der Waals surface area contributed by atoms with Crippen LogP contribution in [0, 0.1) is 5.92 Å². The Bertz CT molecular complexity index is 1350. The number of anilines is 2. The van der Waals surface area contributed by atoms with Gasteiger partial charge in [-0.05, 0) is 98.8 Å². The molecule has 1 saturated heterocycles. The minimum Gasteiger partial charge on any atom is -0.494 e. The van der Waals surface area contributed by atoms with Crippen molar-refractivity contribution in [2.45, 2.75) is 44.6 Å². The van der Waals surface area contributed by atoms with Crippen molar-refractivity contribution in [1.82, 2.24) is 5.32 Å². The molecule has 2 atom stereocenters. The molecule has 0 aliphatic carbocycles. The molecule has 0 saturated carbocycles. The molecule has 9 heteroatoms. The normalized spacial score (nSPS) is 16.4. The van der Waals surface area contributed by atoms with Gasteiger partial charge in [-0.2, -0.15) is 0 Å². The van der Waals surface area contributed by atoms with Gasteiger partial charge in [0.05, 0.1) is 23.2 Å². The third kappa shape index (κ3) is 7.25. The first-order valence-electron chi connectivity index (χ1n) is 13.3. The Morgan fingerprint density at radius 1 is 1.08 bits per heavy atom. The molecule has 1 fully saturated rings. The van der Waals surface area contributed by atoms with E-state index < -0.39 is 15.9 Å². The Morgan fingerprint density at radius 3 is 2.36 bits per heavy atom. The van der Waals surface area contributed by atoms with E-state index in [1.54, 1.807) is 24.3 Å². The van der Waals surface area contributed by atoms with Crippen LogP contribution in [0.1, 0.15) is 45.2 Å². The van der Waals surface area contributed by atoms with Crippen molar-refractivity contribution >= 4 is 38.9 Å². The van der Waals surface area contributed by atoms with Crippen LogP contribution < -0.4 is 19.3 Å². The van der Waals surface area contributed by atoms with Crippen molar-refractivity contribution in [3.05, 3.63) is 83.4 Å². The van der Waals surface area contributed by atoms with Crippen molar-refractivity contribution in [1.29, 1.82) is 0 Å². The second kappa shape index (κ2) is 12.7. The molecule has 1 heterocycles. The monoisotopic (exact) mass is 569 g/mol. The van der Waals surface area contributed by atoms with Crippen LogP contribution in [0.15, 0.2) is 77.7 Å². The lowest BCUT2D eigenvalue weighted by Crippen LogP contribution is -2.41. The predicted molar refractivity (Wildman–Crippen MR) is 157 cm³/mol. The summed E-state index contributed by atoms with van der Waals surface area (Å²) in [6.07, 6.45) is 2.46. The molecular formula is C30H36ClN3O4S. The highest BCUT2D eigenvalue weighted by Crippen LogP contribution is 2.28. The summed E-state index contributed by atoms with van der Waals surface area (Å²) in [6, 6.07) is 20.5. The first-order chi connectivity index (χ1) is 18.7. The minimum absolute atomic E-state index is 0.0456. The lowest BCUT2D eigenvalue weighted by atomic mass is 9.99. The number of sulfonamides is 1. The molecule has 0 spiro atoms. The maximum Gasteiger partial charge on any atom is 0.264 e. The molecule has 2 unspecified atom stereocenters. The van der Waals surface area contributed by atoms with E-state index in [9.17, 15) is 13.2 Å². The van der Waals surface area contributed by atoms with Crippen molar-refractivity contribution < 1.29 is 17.9 Å². The lowest BCUT2D eigenvalue weighted by Gasteiger charge is -2.33. The van der Waals surface area contributed by atoms with Crippen LogP contribution >= 0.6 is 11.6 Å². The first-order valence-corrected chi connectivity index (χ1v) is 15.1. The number of nitrogens with one attached hydrogen (secondary N) is 1. The number of amides is 1. The Labute approximate surface area is 236 Å². The second-order valence-electron chi connectivity index (χ2n) is 9.97. The van der Waals surface area contributed by atoms with Crippen LogP contribution in [0.4, 0.5) is 11.4 Å². The van der Waals surface area contributed by atoms with E-state index in [1.807, 2.05) is 26.0 Å². The van der Waals surface area contributed by atoms with E-state index in [0.717, 1.165) is 23.0 Å². The molecule has 3 aromatic rings. The standard InChI is InChI=1S/C30H36ClN3O4S/c1-4-38-28-15-13-27(14-16-28)34(39(36,37)29-17-9-25(31)10-18-29)21-30(35)32-23(3)24-7-11-26(12-8-24)33-19-5-6-22(2)20-33/h7-18,22-23H,4-6,19-21H2,1-3H3,(H,32,35). The summed E-state index contributed by atoms with van der Waals surface area (Å²) in [7, 11) is -4.05. The van der Waals surface area contributed by atoms with Crippen molar-refractivity contribution in [3.8, 4) is 5.75 Å². The molecule has 3 aromatic carbocycles. The number of halogens is 1. The summed E-state index contributed by atoms with van der Waals surface area (Å²) < 4.78 is 33.8. The number of hydrogen-bond donors (Lipinski definition) is 1. The minimum atomic E-state index is -4.05. The van der Waals surface area contributed by atoms with E-state index >= 15 is 0 Å². The van der Waals surface area contributed by atoms with Gasteiger partial charge in [-0.15, -0.1) is 0 Å². The van der Waals surface area contributed by atoms with E-state index in [4.69, 9.17) is 16.3 Å². The van der Waals surface area contributed by atoms with Crippen molar-refractivity contribution in [2.24, 2.45) is 5.92 Å². The molecule has 7 nitrogen and oxygen atoms in total. The fourth-order valence-corrected chi connectivity index (χ4v) is 6.37. The van der Waals surface area contributed by atoms with Gasteiger partial charge >= 0.3 is 0 Å². The number of nitrogens with zero attached hydrogens (tertiary/aromatic N) is 2. The average molecular weight is 570 g/mol. The Balaban J connectivity index is 1.50. The molecule has 1 aliphatic heterocycles. The summed E-state index contributed by atoms with van der Waals surface area (Å²) in [4.78, 5) is 15.6. The van der Waals surface area contributed by atoms with E-state index in [1.165, 1.54) is 42.8 Å². The number of carbonyl (C=O) groups excluding carboxylic acids is 1. The van der Waals surface area contributed by atoms with Crippen LogP contribution in [0.2, 0.25) is 5.02 Å². The SMILES string of the molecule is CCOc1ccc(N(CC(=O)NC(C)c2ccc(N3CCCC(C)C3)cc2)S(=O)(=O)c2ccc(Cl)cc2)cc1. The van der Waals surface area contributed by atoms with E-state index in [0.29, 0.717) is 29.0 Å². The molecule has 1 amide bonds. The summed E-state index contributed by atoms with van der Waals surface area (Å²) in [6.45, 7) is 8.26. The maximum absolute atomic E-state index is 13.6. The summed E-state index contributed by atoms with van der Waals surface area (Å²) in [5.74, 6) is 0.882. The number of benzene rings is 3. The van der Waals surface area contributed by atoms with Gasteiger partial charge in [0.25, 0.3) is 10.0 Å². The number of rotatable bonds is 10. The topological polar surface area (TPSA) is 79.0 Å². The largest absolute Gasteiger partial charge is 0.494 e. The average Bonchev–Trinajstić information content (AvgIpc) is 2.93. The molecule has 4 rings (SSSR count). The maximum atomic E-state index is 13.6. The smallest absolute Gasteiger partial charge is 0.264 e. The number of hydrogen-bond acceptors (Lipinski definition) is 5. The third-order valence-corrected chi connectivity index (χ3v) is 8.96. The van der Waals surface area contributed by atoms with Gasteiger partial charge in [-0.3, -0.25) is 9.10 Å². The molecular weight excluding hydrogens is 534 g/mol.